The Morgan fingerprint density at radius 1 is 1.18 bits per heavy atom. The van der Waals surface area contributed by atoms with Crippen LogP contribution >= 0.6 is 0 Å². The molecule has 0 amide bonds. The zero-order chi connectivity index (χ0) is 12.0. The van der Waals surface area contributed by atoms with Crippen molar-refractivity contribution < 1.29 is 15.3 Å². The van der Waals surface area contributed by atoms with Crippen LogP contribution in [0.4, 0.5) is 0 Å². The minimum Gasteiger partial charge on any atom is -0.390 e. The summed E-state index contributed by atoms with van der Waals surface area (Å²) in [7, 11) is 0. The first-order valence-electron chi connectivity index (χ1n) is 6.01. The third kappa shape index (κ3) is 1.45. The maximum absolute atomic E-state index is 10.8. The van der Waals surface area contributed by atoms with E-state index in [1.54, 1.807) is 12.1 Å². The molecule has 0 aromatic heterocycles. The summed E-state index contributed by atoms with van der Waals surface area (Å²) in [4.78, 5) is 0. The number of hydrogen-bond acceptors (Lipinski definition) is 4. The quantitative estimate of drug-likeness (QED) is 0.534. The fourth-order valence-electron chi connectivity index (χ4n) is 3.16. The molecule has 1 aliphatic heterocycles. The van der Waals surface area contributed by atoms with Crippen LogP contribution in [0.3, 0.4) is 0 Å². The van der Waals surface area contributed by atoms with E-state index in [-0.39, 0.29) is 12.0 Å². The van der Waals surface area contributed by atoms with Crippen LogP contribution in [0.5, 0.6) is 0 Å². The van der Waals surface area contributed by atoms with Gasteiger partial charge < -0.3 is 20.6 Å². The summed E-state index contributed by atoms with van der Waals surface area (Å²) in [6, 6.07) is 8.91. The number of aliphatic hydroxyl groups is 3. The molecular weight excluding hydrogens is 218 g/mol. The SMILES string of the molecule is OC1C(O)C(O)(c2ccccc2)C2C[C@@H]1CN2. The molecule has 1 saturated heterocycles. The van der Waals surface area contributed by atoms with Crippen LogP contribution in [0.1, 0.15) is 12.0 Å². The Kier molecular flexibility index (Phi) is 2.48. The van der Waals surface area contributed by atoms with Crippen molar-refractivity contribution >= 4 is 0 Å². The van der Waals surface area contributed by atoms with Crippen molar-refractivity contribution in [3.05, 3.63) is 35.9 Å². The lowest BCUT2D eigenvalue weighted by Crippen LogP contribution is -2.59. The monoisotopic (exact) mass is 235 g/mol. The zero-order valence-electron chi connectivity index (χ0n) is 9.45. The third-order valence-electron chi connectivity index (χ3n) is 4.19. The molecule has 1 aromatic rings. The third-order valence-corrected chi connectivity index (χ3v) is 4.19. The van der Waals surface area contributed by atoms with Crippen molar-refractivity contribution in [3.63, 3.8) is 0 Å². The highest BCUT2D eigenvalue weighted by molar-refractivity contribution is 5.29. The Labute approximate surface area is 99.9 Å². The minimum absolute atomic E-state index is 0.0407. The Hall–Kier alpha value is -0.940. The maximum atomic E-state index is 10.8. The van der Waals surface area contributed by atoms with Crippen molar-refractivity contribution in [2.24, 2.45) is 5.92 Å². The molecule has 17 heavy (non-hydrogen) atoms. The summed E-state index contributed by atoms with van der Waals surface area (Å²) < 4.78 is 0. The van der Waals surface area contributed by atoms with Gasteiger partial charge in [-0.25, -0.2) is 0 Å². The number of aliphatic hydroxyl groups excluding tert-OH is 2. The summed E-state index contributed by atoms with van der Waals surface area (Å²) in [5.74, 6) is 0.0407. The molecule has 4 heteroatoms. The van der Waals surface area contributed by atoms with Gasteiger partial charge in [-0.05, 0) is 12.0 Å². The molecule has 0 spiro atoms. The Bertz CT molecular complexity index is 410. The highest BCUT2D eigenvalue weighted by Gasteiger charge is 2.57. The fraction of sp³-hybridized carbons (Fsp3) is 0.538. The molecule has 5 atom stereocenters. The lowest BCUT2D eigenvalue weighted by atomic mass is 9.71. The number of rotatable bonds is 1. The van der Waals surface area contributed by atoms with Crippen LogP contribution < -0.4 is 5.32 Å². The van der Waals surface area contributed by atoms with E-state index in [4.69, 9.17) is 0 Å². The molecule has 1 heterocycles. The van der Waals surface area contributed by atoms with Gasteiger partial charge >= 0.3 is 0 Å². The maximum Gasteiger partial charge on any atom is 0.133 e. The normalized spacial score (nSPS) is 44.9. The van der Waals surface area contributed by atoms with E-state index in [1.807, 2.05) is 18.2 Å². The predicted molar refractivity (Wildman–Crippen MR) is 62.3 cm³/mol. The fourth-order valence-corrected chi connectivity index (χ4v) is 3.16. The molecule has 2 aliphatic rings. The van der Waals surface area contributed by atoms with Crippen molar-refractivity contribution in [2.75, 3.05) is 6.54 Å². The van der Waals surface area contributed by atoms with E-state index in [9.17, 15) is 15.3 Å². The highest BCUT2D eigenvalue weighted by Crippen LogP contribution is 2.42. The summed E-state index contributed by atoms with van der Waals surface area (Å²) in [6.07, 6.45) is -1.31. The van der Waals surface area contributed by atoms with Gasteiger partial charge in [0.2, 0.25) is 0 Å². The molecule has 2 bridgehead atoms. The molecule has 0 radical (unpaired) electrons. The van der Waals surface area contributed by atoms with E-state index >= 15 is 0 Å². The van der Waals surface area contributed by atoms with Crippen molar-refractivity contribution in [2.45, 2.75) is 30.3 Å². The van der Waals surface area contributed by atoms with E-state index in [1.165, 1.54) is 0 Å². The topological polar surface area (TPSA) is 72.7 Å². The summed E-state index contributed by atoms with van der Waals surface area (Å²) >= 11 is 0. The zero-order valence-corrected chi connectivity index (χ0v) is 9.45. The van der Waals surface area contributed by atoms with E-state index in [0.29, 0.717) is 18.5 Å². The van der Waals surface area contributed by atoms with E-state index < -0.39 is 17.8 Å². The molecule has 3 rings (SSSR count). The Morgan fingerprint density at radius 3 is 2.59 bits per heavy atom. The van der Waals surface area contributed by atoms with Crippen LogP contribution in [0.2, 0.25) is 0 Å². The highest BCUT2D eigenvalue weighted by atomic mass is 16.4. The van der Waals surface area contributed by atoms with Gasteiger partial charge in [-0.2, -0.15) is 0 Å². The smallest absolute Gasteiger partial charge is 0.133 e. The van der Waals surface area contributed by atoms with Gasteiger partial charge in [-0.1, -0.05) is 30.3 Å². The Balaban J connectivity index is 2.05. The predicted octanol–water partition coefficient (Wildman–Crippen LogP) is -0.412. The van der Waals surface area contributed by atoms with Gasteiger partial charge in [0.25, 0.3) is 0 Å². The Morgan fingerprint density at radius 2 is 1.88 bits per heavy atom. The van der Waals surface area contributed by atoms with Crippen LogP contribution in [0, 0.1) is 5.92 Å². The number of nitrogens with one attached hydrogen (secondary N) is 1. The van der Waals surface area contributed by atoms with Gasteiger partial charge in [0.05, 0.1) is 6.10 Å². The van der Waals surface area contributed by atoms with Crippen LogP contribution in [0.15, 0.2) is 30.3 Å². The second-order valence-corrected chi connectivity index (χ2v) is 5.08. The van der Waals surface area contributed by atoms with Crippen LogP contribution in [-0.4, -0.2) is 40.1 Å². The van der Waals surface area contributed by atoms with Gasteiger partial charge in [0, 0.05) is 18.5 Å². The summed E-state index contributed by atoms with van der Waals surface area (Å²) in [5.41, 5.74) is -0.738. The second kappa shape index (κ2) is 3.78. The molecule has 1 aromatic carbocycles. The lowest BCUT2D eigenvalue weighted by molar-refractivity contribution is -0.171. The molecule has 1 saturated carbocycles. The van der Waals surface area contributed by atoms with Crippen molar-refractivity contribution in [3.8, 4) is 0 Å². The van der Waals surface area contributed by atoms with Gasteiger partial charge in [-0.15, -0.1) is 0 Å². The molecule has 4 N–H and O–H groups in total. The first kappa shape index (κ1) is 11.2. The molecule has 4 nitrogen and oxygen atoms in total. The van der Waals surface area contributed by atoms with Crippen LogP contribution in [0.25, 0.3) is 0 Å². The van der Waals surface area contributed by atoms with E-state index in [2.05, 4.69) is 5.32 Å². The first-order valence-corrected chi connectivity index (χ1v) is 6.01. The molecular formula is C13H17NO3. The second-order valence-electron chi connectivity index (χ2n) is 5.08. The first-order chi connectivity index (χ1) is 8.14. The van der Waals surface area contributed by atoms with Crippen molar-refractivity contribution in [1.29, 1.82) is 0 Å². The molecule has 92 valence electrons. The average Bonchev–Trinajstić information content (AvgIpc) is 2.83. The largest absolute Gasteiger partial charge is 0.390 e. The molecule has 2 fully saturated rings. The van der Waals surface area contributed by atoms with E-state index in [0.717, 1.165) is 0 Å². The standard InChI is InChI=1S/C13H17NO3/c15-11-8-6-10(14-7-8)13(17,12(11)16)9-4-2-1-3-5-9/h1-5,8,10-12,14-17H,6-7H2/t8-,10?,11?,12?,13?/m1/s1. The molecule has 1 aliphatic carbocycles. The van der Waals surface area contributed by atoms with Gasteiger partial charge in [0.15, 0.2) is 0 Å². The summed E-state index contributed by atoms with van der Waals surface area (Å²) in [6.45, 7) is 0.651. The molecule has 4 unspecified atom stereocenters. The summed E-state index contributed by atoms with van der Waals surface area (Å²) in [5, 5.41) is 34.2. The van der Waals surface area contributed by atoms with Gasteiger partial charge in [0.1, 0.15) is 11.7 Å². The van der Waals surface area contributed by atoms with Gasteiger partial charge in [-0.3, -0.25) is 0 Å². The van der Waals surface area contributed by atoms with Crippen molar-refractivity contribution in [1.82, 2.24) is 5.32 Å². The minimum atomic E-state index is -1.40. The number of fused-ring (bicyclic) bond motifs is 2. The number of hydrogen-bond donors (Lipinski definition) is 4. The number of benzene rings is 1. The lowest BCUT2D eigenvalue weighted by Gasteiger charge is -2.44. The van der Waals surface area contributed by atoms with Crippen LogP contribution in [-0.2, 0) is 5.60 Å². The average molecular weight is 235 g/mol.